The molecular formula is C12H17BrS. The Morgan fingerprint density at radius 3 is 2.43 bits per heavy atom. The summed E-state index contributed by atoms with van der Waals surface area (Å²) in [5.74, 6) is 3.24. The number of benzene rings is 1. The Hall–Kier alpha value is 0.0500. The largest absolute Gasteiger partial charge is 0.157 e. The van der Waals surface area contributed by atoms with Crippen molar-refractivity contribution in [1.29, 1.82) is 0 Å². The summed E-state index contributed by atoms with van der Waals surface area (Å²) in [6.45, 7) is 4.56. The Balaban J connectivity index is 2.21. The van der Waals surface area contributed by atoms with Gasteiger partial charge >= 0.3 is 0 Å². The van der Waals surface area contributed by atoms with E-state index in [1.807, 2.05) is 11.8 Å². The highest BCUT2D eigenvalue weighted by Crippen LogP contribution is 2.17. The Bertz CT molecular complexity index is 254. The third-order valence-electron chi connectivity index (χ3n) is 2.02. The van der Waals surface area contributed by atoms with E-state index in [1.54, 1.807) is 0 Å². The van der Waals surface area contributed by atoms with Crippen molar-refractivity contribution in [1.82, 2.24) is 0 Å². The molecule has 2 heteroatoms. The van der Waals surface area contributed by atoms with Gasteiger partial charge in [0.2, 0.25) is 0 Å². The zero-order chi connectivity index (χ0) is 10.4. The van der Waals surface area contributed by atoms with Gasteiger partial charge in [0, 0.05) is 10.2 Å². The van der Waals surface area contributed by atoms with Gasteiger partial charge in [0.15, 0.2) is 0 Å². The second-order valence-corrected chi connectivity index (χ2v) is 5.88. The van der Waals surface area contributed by atoms with Crippen LogP contribution in [0.1, 0.15) is 25.8 Å². The second-order valence-electron chi connectivity index (χ2n) is 3.86. The normalized spacial score (nSPS) is 10.9. The highest BCUT2D eigenvalue weighted by molar-refractivity contribution is 9.10. The van der Waals surface area contributed by atoms with Gasteiger partial charge in [-0.2, -0.15) is 11.8 Å². The van der Waals surface area contributed by atoms with Gasteiger partial charge in [-0.15, -0.1) is 0 Å². The molecule has 0 aliphatic rings. The first kappa shape index (κ1) is 12.1. The minimum atomic E-state index is 0.826. The van der Waals surface area contributed by atoms with Crippen molar-refractivity contribution in [2.75, 3.05) is 5.75 Å². The first-order chi connectivity index (χ1) is 6.68. The molecule has 0 aromatic heterocycles. The van der Waals surface area contributed by atoms with Gasteiger partial charge in [-0.3, -0.25) is 0 Å². The van der Waals surface area contributed by atoms with E-state index in [0.717, 1.165) is 16.1 Å². The van der Waals surface area contributed by atoms with Gasteiger partial charge in [-0.25, -0.2) is 0 Å². The summed E-state index contributed by atoms with van der Waals surface area (Å²) in [5.41, 5.74) is 1.42. The van der Waals surface area contributed by atoms with Crippen LogP contribution in [0.15, 0.2) is 28.7 Å². The quantitative estimate of drug-likeness (QED) is 0.699. The van der Waals surface area contributed by atoms with Crippen LogP contribution in [0.4, 0.5) is 0 Å². The van der Waals surface area contributed by atoms with Crippen LogP contribution in [0.3, 0.4) is 0 Å². The van der Waals surface area contributed by atoms with E-state index >= 15 is 0 Å². The SMILES string of the molecule is CC(C)CCSCc1ccc(Br)cc1. The zero-order valence-corrected chi connectivity index (χ0v) is 11.2. The molecule has 0 unspecified atom stereocenters. The Labute approximate surface area is 99.6 Å². The molecule has 0 heterocycles. The standard InChI is InChI=1S/C12H17BrS/c1-10(2)7-8-14-9-11-3-5-12(13)6-4-11/h3-6,10H,7-9H2,1-2H3. The van der Waals surface area contributed by atoms with Crippen molar-refractivity contribution in [2.45, 2.75) is 26.0 Å². The monoisotopic (exact) mass is 272 g/mol. The van der Waals surface area contributed by atoms with Gasteiger partial charge in [0.05, 0.1) is 0 Å². The fourth-order valence-corrected chi connectivity index (χ4v) is 2.56. The van der Waals surface area contributed by atoms with Crippen LogP contribution in [-0.4, -0.2) is 5.75 Å². The molecule has 14 heavy (non-hydrogen) atoms. The van der Waals surface area contributed by atoms with Gasteiger partial charge in [-0.05, 0) is 35.8 Å². The molecule has 0 amide bonds. The first-order valence-electron chi connectivity index (χ1n) is 5.00. The summed E-state index contributed by atoms with van der Waals surface area (Å²) in [6.07, 6.45) is 1.32. The van der Waals surface area contributed by atoms with Gasteiger partial charge in [0.1, 0.15) is 0 Å². The molecule has 0 saturated carbocycles. The molecule has 0 N–H and O–H groups in total. The summed E-state index contributed by atoms with van der Waals surface area (Å²) in [7, 11) is 0. The topological polar surface area (TPSA) is 0 Å². The second kappa shape index (κ2) is 6.52. The summed E-state index contributed by atoms with van der Waals surface area (Å²) in [4.78, 5) is 0. The number of hydrogen-bond acceptors (Lipinski definition) is 1. The highest BCUT2D eigenvalue weighted by Gasteiger charge is 1.96. The molecule has 0 bridgehead atoms. The molecule has 78 valence electrons. The lowest BCUT2D eigenvalue weighted by molar-refractivity contribution is 0.632. The third kappa shape index (κ3) is 5.06. The lowest BCUT2D eigenvalue weighted by atomic mass is 10.2. The fraction of sp³-hybridized carbons (Fsp3) is 0.500. The van der Waals surface area contributed by atoms with Crippen LogP contribution in [0, 0.1) is 5.92 Å². The predicted molar refractivity (Wildman–Crippen MR) is 69.8 cm³/mol. The molecule has 0 fully saturated rings. The molecule has 0 aliphatic carbocycles. The first-order valence-corrected chi connectivity index (χ1v) is 6.95. The summed E-state index contributed by atoms with van der Waals surface area (Å²) < 4.78 is 1.16. The fourth-order valence-electron chi connectivity index (χ4n) is 1.09. The molecular weight excluding hydrogens is 256 g/mol. The molecule has 0 saturated heterocycles. The maximum absolute atomic E-state index is 3.44. The lowest BCUT2D eigenvalue weighted by Gasteiger charge is -2.04. The van der Waals surface area contributed by atoms with E-state index < -0.39 is 0 Å². The van der Waals surface area contributed by atoms with Crippen LogP contribution in [0.5, 0.6) is 0 Å². The Kier molecular flexibility index (Phi) is 5.64. The number of rotatable bonds is 5. The number of hydrogen-bond donors (Lipinski definition) is 0. The molecule has 0 nitrogen and oxygen atoms in total. The molecule has 1 aromatic rings. The smallest absolute Gasteiger partial charge is 0.0184 e. The lowest BCUT2D eigenvalue weighted by Crippen LogP contribution is -1.90. The van der Waals surface area contributed by atoms with Crippen LogP contribution in [0.25, 0.3) is 0 Å². The van der Waals surface area contributed by atoms with Crippen molar-refractivity contribution >= 4 is 27.7 Å². The van der Waals surface area contributed by atoms with Crippen LogP contribution < -0.4 is 0 Å². The Morgan fingerprint density at radius 2 is 1.86 bits per heavy atom. The van der Waals surface area contributed by atoms with Crippen LogP contribution >= 0.6 is 27.7 Å². The van der Waals surface area contributed by atoms with Crippen molar-refractivity contribution in [3.8, 4) is 0 Å². The maximum Gasteiger partial charge on any atom is 0.0184 e. The van der Waals surface area contributed by atoms with E-state index in [1.165, 1.54) is 17.7 Å². The minimum absolute atomic E-state index is 0.826. The van der Waals surface area contributed by atoms with Crippen molar-refractivity contribution in [3.63, 3.8) is 0 Å². The zero-order valence-electron chi connectivity index (χ0n) is 8.79. The summed E-state index contributed by atoms with van der Waals surface area (Å²) in [5, 5.41) is 0. The van der Waals surface area contributed by atoms with Crippen LogP contribution in [-0.2, 0) is 5.75 Å². The maximum atomic E-state index is 3.44. The van der Waals surface area contributed by atoms with E-state index in [-0.39, 0.29) is 0 Å². The molecule has 0 atom stereocenters. The molecule has 1 rings (SSSR count). The average Bonchev–Trinajstić information content (AvgIpc) is 2.15. The van der Waals surface area contributed by atoms with Crippen molar-refractivity contribution in [3.05, 3.63) is 34.3 Å². The van der Waals surface area contributed by atoms with Crippen molar-refractivity contribution in [2.24, 2.45) is 5.92 Å². The van der Waals surface area contributed by atoms with Gasteiger partial charge in [-0.1, -0.05) is 41.9 Å². The minimum Gasteiger partial charge on any atom is -0.157 e. The summed E-state index contributed by atoms with van der Waals surface area (Å²) in [6, 6.07) is 8.59. The van der Waals surface area contributed by atoms with Crippen molar-refractivity contribution < 1.29 is 0 Å². The van der Waals surface area contributed by atoms with E-state index in [9.17, 15) is 0 Å². The molecule has 0 radical (unpaired) electrons. The van der Waals surface area contributed by atoms with E-state index in [4.69, 9.17) is 0 Å². The summed E-state index contributed by atoms with van der Waals surface area (Å²) >= 11 is 5.46. The average molecular weight is 273 g/mol. The van der Waals surface area contributed by atoms with E-state index in [0.29, 0.717) is 0 Å². The Morgan fingerprint density at radius 1 is 1.21 bits per heavy atom. The number of thioether (sulfide) groups is 1. The number of halogens is 1. The predicted octanol–water partition coefficient (Wildman–Crippen LogP) is 4.73. The molecule has 1 aromatic carbocycles. The van der Waals surface area contributed by atoms with Gasteiger partial charge in [0.25, 0.3) is 0 Å². The molecule has 0 aliphatic heterocycles. The third-order valence-corrected chi connectivity index (χ3v) is 3.61. The highest BCUT2D eigenvalue weighted by atomic mass is 79.9. The van der Waals surface area contributed by atoms with Crippen LogP contribution in [0.2, 0.25) is 0 Å². The van der Waals surface area contributed by atoms with Gasteiger partial charge < -0.3 is 0 Å². The molecule has 0 spiro atoms. The van der Waals surface area contributed by atoms with E-state index in [2.05, 4.69) is 54.0 Å².